The van der Waals surface area contributed by atoms with E-state index in [4.69, 9.17) is 5.73 Å². The van der Waals surface area contributed by atoms with Crippen LogP contribution in [0.2, 0.25) is 0 Å². The highest BCUT2D eigenvalue weighted by Crippen LogP contribution is 2.37. The molecule has 0 aliphatic heterocycles. The van der Waals surface area contributed by atoms with Crippen LogP contribution in [0, 0.1) is 11.3 Å². The number of rotatable bonds is 5. The summed E-state index contributed by atoms with van der Waals surface area (Å²) in [6.45, 7) is 9.25. The van der Waals surface area contributed by atoms with Crippen molar-refractivity contribution in [2.24, 2.45) is 17.1 Å². The molecule has 1 aliphatic carbocycles. The largest absolute Gasteiger partial charge is 0.324 e. The smallest absolute Gasteiger partial charge is 0.0297 e. The van der Waals surface area contributed by atoms with Gasteiger partial charge in [0, 0.05) is 6.04 Å². The van der Waals surface area contributed by atoms with E-state index in [2.05, 4.69) is 52.0 Å². The van der Waals surface area contributed by atoms with Crippen molar-refractivity contribution >= 4 is 0 Å². The van der Waals surface area contributed by atoms with Crippen LogP contribution in [-0.4, -0.2) is 0 Å². The predicted molar refractivity (Wildman–Crippen MR) is 87.8 cm³/mol. The van der Waals surface area contributed by atoms with E-state index in [1.54, 1.807) is 0 Å². The molecule has 0 spiro atoms. The molecule has 0 heterocycles. The summed E-state index contributed by atoms with van der Waals surface area (Å²) in [7, 11) is 0. The molecule has 0 saturated heterocycles. The van der Waals surface area contributed by atoms with Gasteiger partial charge in [0.25, 0.3) is 0 Å². The standard InChI is InChI=1S/C19H31N/c1-14(13-19(2,3)4)12-18(20)17-10-8-16(9-11-17)15-6-5-7-15/h8-11,14-15,18H,5-7,12-13,20H2,1-4H3. The molecule has 1 aromatic rings. The summed E-state index contributed by atoms with van der Waals surface area (Å²) in [5.41, 5.74) is 9.59. The highest BCUT2D eigenvalue weighted by atomic mass is 14.6. The molecule has 112 valence electrons. The Morgan fingerprint density at radius 2 is 1.75 bits per heavy atom. The maximum Gasteiger partial charge on any atom is 0.0297 e. The molecule has 2 N–H and O–H groups in total. The van der Waals surface area contributed by atoms with Gasteiger partial charge in [-0.25, -0.2) is 0 Å². The van der Waals surface area contributed by atoms with Crippen molar-refractivity contribution in [2.45, 2.75) is 71.8 Å². The first-order valence-corrected chi connectivity index (χ1v) is 8.20. The second kappa shape index (κ2) is 6.30. The third-order valence-electron chi connectivity index (χ3n) is 4.56. The second-order valence-corrected chi connectivity index (χ2v) is 8.01. The lowest BCUT2D eigenvalue weighted by Crippen LogP contribution is -2.18. The van der Waals surface area contributed by atoms with Crippen molar-refractivity contribution in [2.75, 3.05) is 0 Å². The fourth-order valence-electron chi connectivity index (χ4n) is 3.46. The van der Waals surface area contributed by atoms with Crippen LogP contribution in [0.25, 0.3) is 0 Å². The van der Waals surface area contributed by atoms with Crippen LogP contribution in [0.1, 0.15) is 82.9 Å². The monoisotopic (exact) mass is 273 g/mol. The quantitative estimate of drug-likeness (QED) is 0.762. The SMILES string of the molecule is CC(CC(N)c1ccc(C2CCC2)cc1)CC(C)(C)C. The van der Waals surface area contributed by atoms with Crippen molar-refractivity contribution in [1.82, 2.24) is 0 Å². The molecule has 2 atom stereocenters. The summed E-state index contributed by atoms with van der Waals surface area (Å²) >= 11 is 0. The molecule has 1 aliphatic rings. The lowest BCUT2D eigenvalue weighted by Gasteiger charge is -2.27. The molecular formula is C19H31N. The average molecular weight is 273 g/mol. The van der Waals surface area contributed by atoms with E-state index in [-0.39, 0.29) is 6.04 Å². The molecule has 1 heteroatoms. The lowest BCUT2D eigenvalue weighted by molar-refractivity contribution is 0.286. The van der Waals surface area contributed by atoms with Gasteiger partial charge in [0.05, 0.1) is 0 Å². The molecule has 2 rings (SSSR count). The van der Waals surface area contributed by atoms with Gasteiger partial charge < -0.3 is 5.73 Å². The Hall–Kier alpha value is -0.820. The summed E-state index contributed by atoms with van der Waals surface area (Å²) in [6, 6.07) is 9.29. The van der Waals surface area contributed by atoms with E-state index >= 15 is 0 Å². The summed E-state index contributed by atoms with van der Waals surface area (Å²) in [4.78, 5) is 0. The molecule has 0 amide bonds. The minimum Gasteiger partial charge on any atom is -0.324 e. The minimum absolute atomic E-state index is 0.183. The molecule has 1 saturated carbocycles. The molecule has 2 unspecified atom stereocenters. The van der Waals surface area contributed by atoms with Crippen molar-refractivity contribution in [3.05, 3.63) is 35.4 Å². The first-order chi connectivity index (χ1) is 9.35. The van der Waals surface area contributed by atoms with Gasteiger partial charge in [0.2, 0.25) is 0 Å². The Kier molecular flexibility index (Phi) is 4.90. The maximum absolute atomic E-state index is 6.39. The molecule has 20 heavy (non-hydrogen) atoms. The van der Waals surface area contributed by atoms with Crippen molar-refractivity contribution in [3.8, 4) is 0 Å². The Morgan fingerprint density at radius 3 is 2.20 bits per heavy atom. The Labute approximate surface area is 125 Å². The van der Waals surface area contributed by atoms with Crippen LogP contribution < -0.4 is 5.73 Å². The third-order valence-corrected chi connectivity index (χ3v) is 4.56. The zero-order valence-corrected chi connectivity index (χ0v) is 13.7. The average Bonchev–Trinajstić information content (AvgIpc) is 2.24. The molecule has 0 radical (unpaired) electrons. The van der Waals surface area contributed by atoms with E-state index in [1.165, 1.54) is 36.8 Å². The van der Waals surface area contributed by atoms with Crippen LogP contribution in [0.15, 0.2) is 24.3 Å². The lowest BCUT2D eigenvalue weighted by atomic mass is 9.79. The Balaban J connectivity index is 1.89. The predicted octanol–water partition coefficient (Wildman–Crippen LogP) is 5.42. The van der Waals surface area contributed by atoms with E-state index in [9.17, 15) is 0 Å². The molecule has 0 aromatic heterocycles. The van der Waals surface area contributed by atoms with Crippen LogP contribution in [0.3, 0.4) is 0 Å². The summed E-state index contributed by atoms with van der Waals surface area (Å²) in [5, 5.41) is 0. The number of hydrogen-bond donors (Lipinski definition) is 1. The molecule has 1 fully saturated rings. The topological polar surface area (TPSA) is 26.0 Å². The summed E-state index contributed by atoms with van der Waals surface area (Å²) in [6.07, 6.45) is 6.46. The van der Waals surface area contributed by atoms with Crippen molar-refractivity contribution < 1.29 is 0 Å². The maximum atomic E-state index is 6.39. The normalized spacial score (nSPS) is 19.4. The number of nitrogens with two attached hydrogens (primary N) is 1. The summed E-state index contributed by atoms with van der Waals surface area (Å²) in [5.74, 6) is 1.50. The highest BCUT2D eigenvalue weighted by molar-refractivity contribution is 5.28. The van der Waals surface area contributed by atoms with Crippen LogP contribution in [-0.2, 0) is 0 Å². The van der Waals surface area contributed by atoms with Gasteiger partial charge in [-0.15, -0.1) is 0 Å². The Bertz CT molecular complexity index is 408. The van der Waals surface area contributed by atoms with Gasteiger partial charge in [-0.2, -0.15) is 0 Å². The first-order valence-electron chi connectivity index (χ1n) is 8.20. The first kappa shape index (κ1) is 15.6. The number of hydrogen-bond acceptors (Lipinski definition) is 1. The second-order valence-electron chi connectivity index (χ2n) is 8.01. The third kappa shape index (κ3) is 4.34. The summed E-state index contributed by atoms with van der Waals surface area (Å²) < 4.78 is 0. The van der Waals surface area contributed by atoms with Gasteiger partial charge in [-0.05, 0) is 54.1 Å². The fourth-order valence-corrected chi connectivity index (χ4v) is 3.46. The van der Waals surface area contributed by atoms with Gasteiger partial charge in [0.1, 0.15) is 0 Å². The minimum atomic E-state index is 0.183. The molecule has 1 aromatic carbocycles. The molecule has 0 bridgehead atoms. The Morgan fingerprint density at radius 1 is 1.15 bits per heavy atom. The van der Waals surface area contributed by atoms with Gasteiger partial charge in [-0.1, -0.05) is 58.4 Å². The zero-order chi connectivity index (χ0) is 14.8. The molecule has 1 nitrogen and oxygen atoms in total. The molecular weight excluding hydrogens is 242 g/mol. The zero-order valence-electron chi connectivity index (χ0n) is 13.7. The van der Waals surface area contributed by atoms with Crippen LogP contribution in [0.5, 0.6) is 0 Å². The van der Waals surface area contributed by atoms with E-state index in [1.807, 2.05) is 0 Å². The van der Waals surface area contributed by atoms with Gasteiger partial charge >= 0.3 is 0 Å². The fraction of sp³-hybridized carbons (Fsp3) is 0.684. The van der Waals surface area contributed by atoms with Gasteiger partial charge in [0.15, 0.2) is 0 Å². The van der Waals surface area contributed by atoms with E-state index < -0.39 is 0 Å². The van der Waals surface area contributed by atoms with E-state index in [0.717, 1.165) is 12.3 Å². The highest BCUT2D eigenvalue weighted by Gasteiger charge is 2.20. The van der Waals surface area contributed by atoms with E-state index in [0.29, 0.717) is 11.3 Å². The van der Waals surface area contributed by atoms with Gasteiger partial charge in [-0.3, -0.25) is 0 Å². The number of benzene rings is 1. The van der Waals surface area contributed by atoms with Crippen LogP contribution >= 0.6 is 0 Å². The van der Waals surface area contributed by atoms with Crippen LogP contribution in [0.4, 0.5) is 0 Å². The van der Waals surface area contributed by atoms with Crippen molar-refractivity contribution in [1.29, 1.82) is 0 Å². The van der Waals surface area contributed by atoms with Crippen molar-refractivity contribution in [3.63, 3.8) is 0 Å².